The molecule has 25 heavy (non-hydrogen) atoms. The second kappa shape index (κ2) is 6.86. The van der Waals surface area contributed by atoms with Crippen molar-refractivity contribution in [1.29, 1.82) is 0 Å². The highest BCUT2D eigenvalue weighted by Gasteiger charge is 2.40. The van der Waals surface area contributed by atoms with Gasteiger partial charge in [-0.2, -0.15) is 0 Å². The monoisotopic (exact) mass is 345 g/mol. The minimum Gasteiger partial charge on any atom is -0.374 e. The average molecular weight is 345 g/mol. The molecule has 0 amide bonds. The van der Waals surface area contributed by atoms with Crippen LogP contribution in [-0.4, -0.2) is 53.3 Å². The minimum absolute atomic E-state index is 0.187. The van der Waals surface area contributed by atoms with E-state index >= 15 is 0 Å². The Kier molecular flexibility index (Phi) is 4.58. The van der Waals surface area contributed by atoms with Crippen LogP contribution in [0.2, 0.25) is 0 Å². The van der Waals surface area contributed by atoms with Crippen LogP contribution in [0.4, 0.5) is 4.39 Å². The Balaban J connectivity index is 1.44. The molecule has 2 atom stereocenters. The van der Waals surface area contributed by atoms with Crippen molar-refractivity contribution >= 4 is 0 Å². The minimum atomic E-state index is -0.187. The van der Waals surface area contributed by atoms with Crippen molar-refractivity contribution in [1.82, 2.24) is 15.0 Å². The van der Waals surface area contributed by atoms with Crippen LogP contribution in [0.1, 0.15) is 22.6 Å². The summed E-state index contributed by atoms with van der Waals surface area (Å²) in [6.07, 6.45) is 0.231. The van der Waals surface area contributed by atoms with E-state index in [1.54, 1.807) is 0 Å². The molecule has 0 saturated carbocycles. The van der Waals surface area contributed by atoms with Crippen LogP contribution in [-0.2, 0) is 17.8 Å². The van der Waals surface area contributed by atoms with Gasteiger partial charge in [-0.3, -0.25) is 9.80 Å². The van der Waals surface area contributed by atoms with Gasteiger partial charge in [0.1, 0.15) is 11.6 Å². The van der Waals surface area contributed by atoms with Gasteiger partial charge in [0, 0.05) is 38.3 Å². The Bertz CT molecular complexity index is 711. The predicted molar refractivity (Wildman–Crippen MR) is 91.6 cm³/mol. The van der Waals surface area contributed by atoms with E-state index in [0.29, 0.717) is 6.04 Å². The molecule has 1 aromatic heterocycles. The molecule has 0 radical (unpaired) electrons. The molecule has 2 saturated heterocycles. The third kappa shape index (κ3) is 3.47. The fourth-order valence-corrected chi connectivity index (χ4v) is 3.94. The highest BCUT2D eigenvalue weighted by molar-refractivity contribution is 5.21. The van der Waals surface area contributed by atoms with E-state index < -0.39 is 0 Å². The number of aromatic nitrogens is 1. The number of aryl methyl sites for hydroxylation is 2. The lowest BCUT2D eigenvalue weighted by molar-refractivity contribution is -0.0506. The number of halogens is 1. The number of benzene rings is 1. The number of hydrogen-bond acceptors (Lipinski definition) is 5. The Morgan fingerprint density at radius 1 is 1.16 bits per heavy atom. The van der Waals surface area contributed by atoms with Crippen molar-refractivity contribution in [3.63, 3.8) is 0 Å². The summed E-state index contributed by atoms with van der Waals surface area (Å²) in [5.74, 6) is 0.717. The summed E-state index contributed by atoms with van der Waals surface area (Å²) in [5.41, 5.74) is 3.30. The fourth-order valence-electron chi connectivity index (χ4n) is 3.94. The van der Waals surface area contributed by atoms with Gasteiger partial charge in [-0.25, -0.2) is 4.39 Å². The van der Waals surface area contributed by atoms with Crippen molar-refractivity contribution in [2.75, 3.05) is 26.2 Å². The van der Waals surface area contributed by atoms with E-state index in [0.717, 1.165) is 56.3 Å². The van der Waals surface area contributed by atoms with Crippen LogP contribution in [0.25, 0.3) is 0 Å². The van der Waals surface area contributed by atoms with E-state index in [1.165, 1.54) is 17.7 Å². The standard InChI is InChI=1S/C19H24FN3O2/c1-13-17(14(2)25-21-13)10-23-7-8-24-19-12-22(11-18(19)23)9-15-3-5-16(20)6-4-15/h3-6,18-19H,7-12H2,1-2H3/t18-,19+/m0/s1. The van der Waals surface area contributed by atoms with Crippen LogP contribution >= 0.6 is 0 Å². The third-order valence-corrected chi connectivity index (χ3v) is 5.35. The summed E-state index contributed by atoms with van der Waals surface area (Å²) in [5, 5.41) is 4.07. The van der Waals surface area contributed by atoms with Crippen LogP contribution in [0.3, 0.4) is 0 Å². The molecular formula is C19H24FN3O2. The van der Waals surface area contributed by atoms with Gasteiger partial charge in [0.05, 0.1) is 24.4 Å². The zero-order valence-corrected chi connectivity index (χ0v) is 14.7. The molecule has 3 heterocycles. The van der Waals surface area contributed by atoms with Gasteiger partial charge >= 0.3 is 0 Å². The average Bonchev–Trinajstić information content (AvgIpc) is 3.15. The maximum absolute atomic E-state index is 13.1. The molecule has 6 heteroatoms. The molecule has 0 unspecified atom stereocenters. The molecule has 2 aromatic rings. The number of nitrogens with zero attached hydrogens (tertiary/aromatic N) is 3. The van der Waals surface area contributed by atoms with Gasteiger partial charge in [0.2, 0.25) is 0 Å². The topological polar surface area (TPSA) is 41.7 Å². The summed E-state index contributed by atoms with van der Waals surface area (Å²) >= 11 is 0. The lowest BCUT2D eigenvalue weighted by Crippen LogP contribution is -2.50. The smallest absolute Gasteiger partial charge is 0.138 e. The van der Waals surface area contributed by atoms with Crippen LogP contribution in [0, 0.1) is 19.7 Å². The highest BCUT2D eigenvalue weighted by atomic mass is 19.1. The largest absolute Gasteiger partial charge is 0.374 e. The number of ether oxygens (including phenoxy) is 1. The van der Waals surface area contributed by atoms with E-state index in [4.69, 9.17) is 9.26 Å². The van der Waals surface area contributed by atoms with Gasteiger partial charge in [0.25, 0.3) is 0 Å². The Morgan fingerprint density at radius 2 is 1.96 bits per heavy atom. The summed E-state index contributed by atoms with van der Waals surface area (Å²) in [4.78, 5) is 4.89. The summed E-state index contributed by atoms with van der Waals surface area (Å²) < 4.78 is 24.4. The van der Waals surface area contributed by atoms with Crippen LogP contribution in [0.15, 0.2) is 28.8 Å². The normalized spacial score (nSPS) is 24.6. The Morgan fingerprint density at radius 3 is 2.68 bits per heavy atom. The van der Waals surface area contributed by atoms with E-state index in [2.05, 4.69) is 15.0 Å². The van der Waals surface area contributed by atoms with Gasteiger partial charge in [-0.05, 0) is 31.5 Å². The first kappa shape index (κ1) is 16.7. The van der Waals surface area contributed by atoms with Crippen molar-refractivity contribution < 1.29 is 13.7 Å². The maximum Gasteiger partial charge on any atom is 0.138 e. The number of hydrogen-bond donors (Lipinski definition) is 0. The van der Waals surface area contributed by atoms with Crippen molar-refractivity contribution in [2.45, 2.75) is 39.1 Å². The second-order valence-corrected chi connectivity index (χ2v) is 7.07. The zero-order chi connectivity index (χ0) is 17.4. The molecule has 5 nitrogen and oxygen atoms in total. The van der Waals surface area contributed by atoms with E-state index in [1.807, 2.05) is 26.0 Å². The van der Waals surface area contributed by atoms with Crippen LogP contribution < -0.4 is 0 Å². The zero-order valence-electron chi connectivity index (χ0n) is 14.7. The van der Waals surface area contributed by atoms with Crippen molar-refractivity contribution in [3.05, 3.63) is 52.7 Å². The molecule has 2 aliphatic rings. The summed E-state index contributed by atoms with van der Waals surface area (Å²) in [6.45, 7) is 9.23. The Hall–Kier alpha value is -1.76. The molecule has 0 spiro atoms. The van der Waals surface area contributed by atoms with Gasteiger partial charge in [-0.15, -0.1) is 0 Å². The first-order valence-electron chi connectivity index (χ1n) is 8.84. The first-order valence-corrected chi connectivity index (χ1v) is 8.84. The third-order valence-electron chi connectivity index (χ3n) is 5.35. The molecule has 1 aromatic carbocycles. The molecule has 134 valence electrons. The van der Waals surface area contributed by atoms with Crippen molar-refractivity contribution in [2.24, 2.45) is 0 Å². The second-order valence-electron chi connectivity index (χ2n) is 7.07. The fraction of sp³-hybridized carbons (Fsp3) is 0.526. The van der Waals surface area contributed by atoms with E-state index in [-0.39, 0.29) is 11.9 Å². The summed E-state index contributed by atoms with van der Waals surface area (Å²) in [7, 11) is 0. The Labute approximate surface area is 147 Å². The molecule has 4 rings (SSSR count). The molecule has 0 bridgehead atoms. The molecule has 2 fully saturated rings. The molecule has 2 aliphatic heterocycles. The first-order chi connectivity index (χ1) is 12.1. The summed E-state index contributed by atoms with van der Waals surface area (Å²) in [6, 6.07) is 7.15. The highest BCUT2D eigenvalue weighted by Crippen LogP contribution is 2.27. The maximum atomic E-state index is 13.1. The SMILES string of the molecule is Cc1noc(C)c1CN1CCO[C@@H]2CN(Cc3ccc(F)cc3)C[C@@H]21. The van der Waals surface area contributed by atoms with Gasteiger partial charge in [-0.1, -0.05) is 17.3 Å². The molecule has 0 N–H and O–H groups in total. The molecular weight excluding hydrogens is 321 g/mol. The number of fused-ring (bicyclic) bond motifs is 1. The lowest BCUT2D eigenvalue weighted by atomic mass is 10.1. The van der Waals surface area contributed by atoms with Crippen LogP contribution in [0.5, 0.6) is 0 Å². The van der Waals surface area contributed by atoms with Crippen molar-refractivity contribution in [3.8, 4) is 0 Å². The van der Waals surface area contributed by atoms with Gasteiger partial charge < -0.3 is 9.26 Å². The lowest BCUT2D eigenvalue weighted by Gasteiger charge is -2.36. The van der Waals surface area contributed by atoms with E-state index in [9.17, 15) is 4.39 Å². The molecule has 0 aliphatic carbocycles. The van der Waals surface area contributed by atoms with Gasteiger partial charge in [0.15, 0.2) is 0 Å². The number of likely N-dealkylation sites (tertiary alicyclic amines) is 1. The number of rotatable bonds is 4. The number of morpholine rings is 1. The predicted octanol–water partition coefficient (Wildman–Crippen LogP) is 2.52. The quantitative estimate of drug-likeness (QED) is 0.852.